The number of halogens is 3. The predicted octanol–water partition coefficient (Wildman–Crippen LogP) is 4.97. The lowest BCUT2D eigenvalue weighted by molar-refractivity contribution is 0.0123. The molecule has 0 aliphatic carbocycles. The third-order valence-corrected chi connectivity index (χ3v) is 6.12. The van der Waals surface area contributed by atoms with Gasteiger partial charge < -0.3 is 9.64 Å². The number of rotatable bonds is 1. The molecule has 1 amide bonds. The molecule has 2 aromatic rings. The fourth-order valence-electron chi connectivity index (χ4n) is 4.27. The Hall–Kier alpha value is -1.86. The van der Waals surface area contributed by atoms with Crippen molar-refractivity contribution in [3.05, 3.63) is 27.9 Å². The van der Waals surface area contributed by atoms with Gasteiger partial charge >= 0.3 is 6.09 Å². The first-order valence-corrected chi connectivity index (χ1v) is 10.4. The van der Waals surface area contributed by atoms with Crippen LogP contribution in [0.15, 0.2) is 6.20 Å². The minimum absolute atomic E-state index is 0.00522. The van der Waals surface area contributed by atoms with Crippen LogP contribution in [-0.4, -0.2) is 51.7 Å². The van der Waals surface area contributed by atoms with E-state index >= 15 is 0 Å². The van der Waals surface area contributed by atoms with Crippen molar-refractivity contribution in [3.63, 3.8) is 0 Å². The Morgan fingerprint density at radius 1 is 1.21 bits per heavy atom. The lowest BCUT2D eigenvalue weighted by Gasteiger charge is -2.42. The van der Waals surface area contributed by atoms with E-state index in [0.717, 1.165) is 12.8 Å². The maximum absolute atomic E-state index is 14.7. The molecule has 29 heavy (non-hydrogen) atoms. The maximum Gasteiger partial charge on any atom is 0.410 e. The molecular formula is C20H23Cl2FN4O2. The van der Waals surface area contributed by atoms with Crippen LogP contribution in [0.2, 0.25) is 10.3 Å². The number of carbonyl (C=O) groups excluding carboxylic acids is 1. The van der Waals surface area contributed by atoms with Gasteiger partial charge in [-0.05, 0) is 46.1 Å². The zero-order chi connectivity index (χ0) is 21.1. The fraction of sp³-hybridized carbons (Fsp3) is 0.550. The van der Waals surface area contributed by atoms with Gasteiger partial charge in [-0.2, -0.15) is 0 Å². The second kappa shape index (κ2) is 7.13. The molecule has 4 rings (SSSR count). The van der Waals surface area contributed by atoms with Gasteiger partial charge in [-0.25, -0.2) is 19.2 Å². The molecule has 0 aromatic carbocycles. The Morgan fingerprint density at radius 2 is 1.83 bits per heavy atom. The van der Waals surface area contributed by atoms with Crippen molar-refractivity contribution >= 4 is 45.9 Å². The first kappa shape index (κ1) is 20.4. The van der Waals surface area contributed by atoms with E-state index in [1.54, 1.807) is 6.92 Å². The van der Waals surface area contributed by atoms with Crippen LogP contribution in [0.25, 0.3) is 10.8 Å². The third kappa shape index (κ3) is 3.59. The molecule has 9 heteroatoms. The quantitative estimate of drug-likeness (QED) is 0.585. The van der Waals surface area contributed by atoms with E-state index in [9.17, 15) is 9.18 Å². The van der Waals surface area contributed by atoms with Gasteiger partial charge in [0, 0.05) is 30.1 Å². The van der Waals surface area contributed by atoms with Gasteiger partial charge in [0.2, 0.25) is 0 Å². The molecule has 4 heterocycles. The second-order valence-electron chi connectivity index (χ2n) is 8.68. The van der Waals surface area contributed by atoms with Crippen LogP contribution in [0.4, 0.5) is 15.0 Å². The molecule has 2 atom stereocenters. The number of hydrogen-bond acceptors (Lipinski definition) is 5. The summed E-state index contributed by atoms with van der Waals surface area (Å²) in [5, 5.41) is 0.944. The molecule has 0 spiro atoms. The first-order chi connectivity index (χ1) is 13.6. The summed E-state index contributed by atoms with van der Waals surface area (Å²) in [7, 11) is 0. The average molecular weight is 441 g/mol. The SMILES string of the molecule is Cc1c(Cl)nc(N2C[C@H]3CC[C@@H](C2)N3C(=O)OC(C)(C)C)c2cnc(Cl)c(F)c12. The number of anilines is 1. The van der Waals surface area contributed by atoms with Crippen LogP contribution in [-0.2, 0) is 4.74 Å². The highest BCUT2D eigenvalue weighted by Crippen LogP contribution is 2.38. The highest BCUT2D eigenvalue weighted by atomic mass is 35.5. The van der Waals surface area contributed by atoms with E-state index in [1.165, 1.54) is 6.20 Å². The Labute approximate surface area is 178 Å². The van der Waals surface area contributed by atoms with Gasteiger partial charge in [-0.15, -0.1) is 0 Å². The van der Waals surface area contributed by atoms with Crippen LogP contribution in [0, 0.1) is 12.7 Å². The van der Waals surface area contributed by atoms with E-state index < -0.39 is 11.4 Å². The van der Waals surface area contributed by atoms with Gasteiger partial charge in [-0.1, -0.05) is 23.2 Å². The van der Waals surface area contributed by atoms with E-state index in [0.29, 0.717) is 35.2 Å². The smallest absolute Gasteiger partial charge is 0.410 e. The number of carbonyl (C=O) groups is 1. The molecule has 2 fully saturated rings. The summed E-state index contributed by atoms with van der Waals surface area (Å²) in [6.45, 7) is 8.44. The molecule has 2 saturated heterocycles. The number of pyridine rings is 2. The van der Waals surface area contributed by atoms with Gasteiger partial charge in [0.05, 0.1) is 12.1 Å². The highest BCUT2D eigenvalue weighted by molar-refractivity contribution is 6.32. The van der Waals surface area contributed by atoms with Gasteiger partial charge in [0.1, 0.15) is 16.6 Å². The van der Waals surface area contributed by atoms with Crippen molar-refractivity contribution in [1.29, 1.82) is 0 Å². The van der Waals surface area contributed by atoms with Crippen molar-refractivity contribution in [2.75, 3.05) is 18.0 Å². The third-order valence-electron chi connectivity index (χ3n) is 5.49. The summed E-state index contributed by atoms with van der Waals surface area (Å²) in [4.78, 5) is 25.1. The Balaban J connectivity index is 1.69. The molecule has 156 valence electrons. The molecule has 2 aliphatic heterocycles. The minimum atomic E-state index is -0.595. The number of hydrogen-bond donors (Lipinski definition) is 0. The molecule has 0 unspecified atom stereocenters. The molecule has 0 saturated carbocycles. The molecule has 2 bridgehead atoms. The van der Waals surface area contributed by atoms with Crippen molar-refractivity contribution in [2.24, 2.45) is 0 Å². The molecule has 0 radical (unpaired) electrons. The zero-order valence-corrected chi connectivity index (χ0v) is 18.3. The van der Waals surface area contributed by atoms with E-state index in [2.05, 4.69) is 14.9 Å². The molecule has 0 N–H and O–H groups in total. The van der Waals surface area contributed by atoms with Gasteiger partial charge in [0.15, 0.2) is 11.0 Å². The number of nitrogens with zero attached hydrogens (tertiary/aromatic N) is 4. The van der Waals surface area contributed by atoms with Crippen LogP contribution in [0.5, 0.6) is 0 Å². The maximum atomic E-state index is 14.7. The summed E-state index contributed by atoms with van der Waals surface area (Å²) in [5.41, 5.74) is -0.0131. The molecule has 2 aromatic heterocycles. The van der Waals surface area contributed by atoms with E-state index in [-0.39, 0.29) is 28.5 Å². The Morgan fingerprint density at radius 3 is 2.41 bits per heavy atom. The highest BCUT2D eigenvalue weighted by Gasteiger charge is 2.45. The standard InChI is InChI=1S/C20H23Cl2FN4O2/c1-10-14-13(7-24-17(22)15(14)23)18(25-16(10)21)26-8-11-5-6-12(9-26)27(11)19(28)29-20(2,3)4/h7,11-12H,5-6,8-9H2,1-4H3/t11-,12+. The number of aromatic nitrogens is 2. The lowest BCUT2D eigenvalue weighted by atomic mass is 10.1. The fourth-order valence-corrected chi connectivity index (χ4v) is 4.59. The zero-order valence-electron chi connectivity index (χ0n) is 16.8. The molecule has 2 aliphatic rings. The van der Waals surface area contributed by atoms with Crippen molar-refractivity contribution in [3.8, 4) is 0 Å². The Kier molecular flexibility index (Phi) is 5.02. The van der Waals surface area contributed by atoms with Crippen LogP contribution >= 0.6 is 23.2 Å². The number of piperazine rings is 1. The molecule has 6 nitrogen and oxygen atoms in total. The number of amides is 1. The summed E-state index contributed by atoms with van der Waals surface area (Å²) in [6.07, 6.45) is 3.02. The van der Waals surface area contributed by atoms with Crippen molar-refractivity contribution < 1.29 is 13.9 Å². The topological polar surface area (TPSA) is 58.6 Å². The normalized spacial score (nSPS) is 21.8. The van der Waals surface area contributed by atoms with Crippen LogP contribution in [0.3, 0.4) is 0 Å². The lowest BCUT2D eigenvalue weighted by Crippen LogP contribution is -2.57. The second-order valence-corrected chi connectivity index (χ2v) is 9.40. The van der Waals surface area contributed by atoms with Gasteiger partial charge in [-0.3, -0.25) is 4.90 Å². The van der Waals surface area contributed by atoms with Crippen LogP contribution in [0.1, 0.15) is 39.2 Å². The van der Waals surface area contributed by atoms with E-state index in [4.69, 9.17) is 27.9 Å². The predicted molar refractivity (Wildman–Crippen MR) is 111 cm³/mol. The first-order valence-electron chi connectivity index (χ1n) is 9.63. The summed E-state index contributed by atoms with van der Waals surface area (Å²) >= 11 is 12.2. The van der Waals surface area contributed by atoms with Crippen LogP contribution < -0.4 is 4.90 Å². The number of aryl methyl sites for hydroxylation is 1. The number of fused-ring (bicyclic) bond motifs is 3. The van der Waals surface area contributed by atoms with Gasteiger partial charge in [0.25, 0.3) is 0 Å². The minimum Gasteiger partial charge on any atom is -0.444 e. The summed E-state index contributed by atoms with van der Waals surface area (Å²) in [6, 6.07) is 0.0104. The van der Waals surface area contributed by atoms with Crippen molar-refractivity contribution in [2.45, 2.75) is 58.2 Å². The average Bonchev–Trinajstić information content (AvgIpc) is 2.89. The summed E-state index contributed by atoms with van der Waals surface area (Å²) in [5.74, 6) is -0.0259. The number of ether oxygens (including phenoxy) is 1. The molecular weight excluding hydrogens is 418 g/mol. The Bertz CT molecular complexity index is 973. The monoisotopic (exact) mass is 440 g/mol. The largest absolute Gasteiger partial charge is 0.444 e. The van der Waals surface area contributed by atoms with E-state index in [1.807, 2.05) is 25.7 Å². The van der Waals surface area contributed by atoms with Crippen molar-refractivity contribution in [1.82, 2.24) is 14.9 Å². The summed E-state index contributed by atoms with van der Waals surface area (Å²) < 4.78 is 20.3.